The molecule has 3 rings (SSSR count). The van der Waals surface area contributed by atoms with Crippen molar-refractivity contribution in [1.29, 1.82) is 0 Å². The van der Waals surface area contributed by atoms with E-state index in [1.54, 1.807) is 37.4 Å². The summed E-state index contributed by atoms with van der Waals surface area (Å²) in [6.45, 7) is 1.94. The second-order valence-electron chi connectivity index (χ2n) is 6.04. The Labute approximate surface area is 168 Å². The lowest BCUT2D eigenvalue weighted by Crippen LogP contribution is -2.13. The number of pyridine rings is 1. The maximum absolute atomic E-state index is 12.5. The molecule has 0 radical (unpaired) electrons. The Hall–Kier alpha value is -3.25. The molecule has 2 aromatic carbocycles. The second kappa shape index (κ2) is 8.63. The van der Waals surface area contributed by atoms with Crippen LogP contribution in [0, 0.1) is 6.92 Å². The van der Waals surface area contributed by atoms with E-state index in [-0.39, 0.29) is 5.91 Å². The van der Waals surface area contributed by atoms with Gasteiger partial charge in [-0.3, -0.25) is 4.79 Å². The fourth-order valence-electron chi connectivity index (χ4n) is 2.52. The summed E-state index contributed by atoms with van der Waals surface area (Å²) >= 11 is 6.14. The molecule has 7 heteroatoms. The molecule has 0 spiro atoms. The van der Waals surface area contributed by atoms with Gasteiger partial charge in [0.15, 0.2) is 0 Å². The van der Waals surface area contributed by atoms with E-state index in [2.05, 4.69) is 15.6 Å². The van der Waals surface area contributed by atoms with Crippen LogP contribution in [0.15, 0.2) is 54.7 Å². The van der Waals surface area contributed by atoms with Crippen LogP contribution in [-0.4, -0.2) is 25.1 Å². The third-order valence-electron chi connectivity index (χ3n) is 4.13. The minimum atomic E-state index is -0.291. The lowest BCUT2D eigenvalue weighted by Gasteiger charge is -2.12. The van der Waals surface area contributed by atoms with Crippen LogP contribution in [0.1, 0.15) is 15.9 Å². The Morgan fingerprint density at radius 1 is 1.04 bits per heavy atom. The number of hydrogen-bond donors (Lipinski definition) is 2. The van der Waals surface area contributed by atoms with Crippen LogP contribution in [0.4, 0.5) is 17.2 Å². The van der Waals surface area contributed by atoms with Crippen LogP contribution in [0.25, 0.3) is 0 Å². The lowest BCUT2D eigenvalue weighted by molar-refractivity contribution is 0.102. The van der Waals surface area contributed by atoms with E-state index in [9.17, 15) is 4.79 Å². The summed E-state index contributed by atoms with van der Waals surface area (Å²) in [4.78, 5) is 16.8. The maximum Gasteiger partial charge on any atom is 0.257 e. The number of amides is 1. The summed E-state index contributed by atoms with van der Waals surface area (Å²) in [6, 6.07) is 14.3. The van der Waals surface area contributed by atoms with Crippen molar-refractivity contribution in [3.63, 3.8) is 0 Å². The number of carbonyl (C=O) groups is 1. The zero-order valence-electron chi connectivity index (χ0n) is 15.7. The normalized spacial score (nSPS) is 10.3. The van der Waals surface area contributed by atoms with Gasteiger partial charge in [0.1, 0.15) is 17.3 Å². The monoisotopic (exact) mass is 397 g/mol. The first-order valence-corrected chi connectivity index (χ1v) is 8.90. The molecule has 0 aliphatic heterocycles. The summed E-state index contributed by atoms with van der Waals surface area (Å²) in [5.74, 6) is 1.47. The summed E-state index contributed by atoms with van der Waals surface area (Å²) in [7, 11) is 3.10. The number of carbonyl (C=O) groups excluding carboxylic acids is 1. The highest BCUT2D eigenvalue weighted by Gasteiger charge is 2.11. The van der Waals surface area contributed by atoms with Gasteiger partial charge in [-0.15, -0.1) is 0 Å². The van der Waals surface area contributed by atoms with Crippen molar-refractivity contribution >= 4 is 34.7 Å². The van der Waals surface area contributed by atoms with Crippen LogP contribution in [0.5, 0.6) is 11.5 Å². The molecule has 3 aromatic rings. The molecule has 0 saturated carbocycles. The van der Waals surface area contributed by atoms with Gasteiger partial charge in [0.05, 0.1) is 25.5 Å². The Bertz CT molecular complexity index is 991. The topological polar surface area (TPSA) is 72.5 Å². The van der Waals surface area contributed by atoms with Crippen LogP contribution < -0.4 is 20.1 Å². The Morgan fingerprint density at radius 3 is 2.50 bits per heavy atom. The molecule has 0 atom stereocenters. The van der Waals surface area contributed by atoms with E-state index in [0.717, 1.165) is 11.3 Å². The molecule has 1 aromatic heterocycles. The van der Waals surface area contributed by atoms with Gasteiger partial charge in [0.2, 0.25) is 0 Å². The smallest absolute Gasteiger partial charge is 0.257 e. The Morgan fingerprint density at radius 2 is 1.86 bits per heavy atom. The quantitative estimate of drug-likeness (QED) is 0.608. The van der Waals surface area contributed by atoms with Crippen molar-refractivity contribution in [3.8, 4) is 11.5 Å². The fraction of sp³-hybridized carbons (Fsp3) is 0.143. The predicted molar refractivity (Wildman–Crippen MR) is 111 cm³/mol. The Kier molecular flexibility index (Phi) is 6.01. The zero-order valence-corrected chi connectivity index (χ0v) is 16.5. The van der Waals surface area contributed by atoms with Crippen molar-refractivity contribution in [2.24, 2.45) is 0 Å². The number of aromatic nitrogens is 1. The van der Waals surface area contributed by atoms with Crippen molar-refractivity contribution in [1.82, 2.24) is 4.98 Å². The SMILES string of the molecule is COc1ccc(NC(=O)c2ccc(Nc3ccc(C)c(Cl)c3)nc2)c(OC)c1. The van der Waals surface area contributed by atoms with Crippen molar-refractivity contribution in [2.45, 2.75) is 6.92 Å². The largest absolute Gasteiger partial charge is 0.497 e. The fourth-order valence-corrected chi connectivity index (χ4v) is 2.70. The lowest BCUT2D eigenvalue weighted by atomic mass is 10.2. The van der Waals surface area contributed by atoms with Gasteiger partial charge in [-0.1, -0.05) is 17.7 Å². The number of hydrogen-bond acceptors (Lipinski definition) is 5. The van der Waals surface area contributed by atoms with Crippen LogP contribution >= 0.6 is 11.6 Å². The summed E-state index contributed by atoms with van der Waals surface area (Å²) in [6.07, 6.45) is 1.50. The average Bonchev–Trinajstić information content (AvgIpc) is 2.71. The third-order valence-corrected chi connectivity index (χ3v) is 4.53. The van der Waals surface area contributed by atoms with E-state index in [1.807, 2.05) is 25.1 Å². The van der Waals surface area contributed by atoms with E-state index >= 15 is 0 Å². The first kappa shape index (κ1) is 19.5. The summed E-state index contributed by atoms with van der Waals surface area (Å²) in [5, 5.41) is 6.65. The van der Waals surface area contributed by atoms with Crippen molar-refractivity contribution < 1.29 is 14.3 Å². The molecule has 0 fully saturated rings. The van der Waals surface area contributed by atoms with E-state index in [0.29, 0.717) is 33.6 Å². The highest BCUT2D eigenvalue weighted by Crippen LogP contribution is 2.29. The number of anilines is 3. The van der Waals surface area contributed by atoms with E-state index in [1.165, 1.54) is 13.3 Å². The van der Waals surface area contributed by atoms with Crippen molar-refractivity contribution in [2.75, 3.05) is 24.9 Å². The predicted octanol–water partition coefficient (Wildman–Crippen LogP) is 5.06. The third kappa shape index (κ3) is 4.53. The molecule has 0 aliphatic rings. The molecule has 28 heavy (non-hydrogen) atoms. The number of halogens is 1. The Balaban J connectivity index is 1.70. The minimum Gasteiger partial charge on any atom is -0.497 e. The maximum atomic E-state index is 12.5. The molecular weight excluding hydrogens is 378 g/mol. The minimum absolute atomic E-state index is 0.291. The molecule has 1 heterocycles. The van der Waals surface area contributed by atoms with Gasteiger partial charge in [0, 0.05) is 23.0 Å². The summed E-state index contributed by atoms with van der Waals surface area (Å²) in [5.41, 5.74) is 2.79. The van der Waals surface area contributed by atoms with Gasteiger partial charge in [-0.05, 0) is 48.9 Å². The number of ether oxygens (including phenoxy) is 2. The summed E-state index contributed by atoms with van der Waals surface area (Å²) < 4.78 is 10.5. The van der Waals surface area contributed by atoms with Crippen molar-refractivity contribution in [3.05, 3.63) is 70.9 Å². The molecule has 6 nitrogen and oxygen atoms in total. The van der Waals surface area contributed by atoms with Crippen LogP contribution in [0.2, 0.25) is 5.02 Å². The zero-order chi connectivity index (χ0) is 20.1. The van der Waals surface area contributed by atoms with Gasteiger partial charge in [-0.2, -0.15) is 0 Å². The first-order chi connectivity index (χ1) is 13.5. The van der Waals surface area contributed by atoms with Gasteiger partial charge < -0.3 is 20.1 Å². The number of benzene rings is 2. The van der Waals surface area contributed by atoms with Gasteiger partial charge >= 0.3 is 0 Å². The molecule has 0 saturated heterocycles. The van der Waals surface area contributed by atoms with Crippen LogP contribution in [0.3, 0.4) is 0 Å². The standard InChI is InChI=1S/C21H20ClN3O3/c1-13-4-6-15(10-17(13)22)24-20-9-5-14(12-23-20)21(26)25-18-8-7-16(27-2)11-19(18)28-3/h4-12H,1-3H3,(H,23,24)(H,25,26). The molecule has 144 valence electrons. The first-order valence-electron chi connectivity index (χ1n) is 8.53. The average molecular weight is 398 g/mol. The molecule has 1 amide bonds. The molecule has 0 aliphatic carbocycles. The number of nitrogens with one attached hydrogen (secondary N) is 2. The molecule has 0 unspecified atom stereocenters. The van der Waals surface area contributed by atoms with E-state index < -0.39 is 0 Å². The van der Waals surface area contributed by atoms with Gasteiger partial charge in [0.25, 0.3) is 5.91 Å². The van der Waals surface area contributed by atoms with Crippen LogP contribution in [-0.2, 0) is 0 Å². The number of rotatable bonds is 6. The highest BCUT2D eigenvalue weighted by molar-refractivity contribution is 6.31. The molecular formula is C21H20ClN3O3. The number of aryl methyl sites for hydroxylation is 1. The highest BCUT2D eigenvalue weighted by atomic mass is 35.5. The second-order valence-corrected chi connectivity index (χ2v) is 6.45. The molecule has 0 bridgehead atoms. The molecule has 2 N–H and O–H groups in total. The number of nitrogens with zero attached hydrogens (tertiary/aromatic N) is 1. The van der Waals surface area contributed by atoms with Gasteiger partial charge in [-0.25, -0.2) is 4.98 Å². The number of methoxy groups -OCH3 is 2. The van der Waals surface area contributed by atoms with E-state index in [4.69, 9.17) is 21.1 Å².